The van der Waals surface area contributed by atoms with E-state index in [-0.39, 0.29) is 6.42 Å². The number of carboxylic acid groups (broad SMARTS) is 1. The monoisotopic (exact) mass is 255 g/mol. The van der Waals surface area contributed by atoms with E-state index in [1.807, 2.05) is 0 Å². The first-order valence-electron chi connectivity index (χ1n) is 6.22. The van der Waals surface area contributed by atoms with Gasteiger partial charge in [-0.25, -0.2) is 0 Å². The van der Waals surface area contributed by atoms with Crippen molar-refractivity contribution in [1.82, 2.24) is 5.32 Å². The second-order valence-corrected chi connectivity index (χ2v) is 5.14. The molecule has 3 nitrogen and oxygen atoms in total. The Labute approximate surface area is 107 Å². The van der Waals surface area contributed by atoms with Crippen molar-refractivity contribution in [3.05, 3.63) is 22.4 Å². The molecule has 2 N–H and O–H groups in total. The van der Waals surface area contributed by atoms with Crippen LogP contribution in [0.15, 0.2) is 17.5 Å². The smallest absolute Gasteiger partial charge is 0.303 e. The van der Waals surface area contributed by atoms with Gasteiger partial charge in [0, 0.05) is 17.3 Å². The van der Waals surface area contributed by atoms with Gasteiger partial charge in [0.2, 0.25) is 0 Å². The molecule has 1 aromatic heterocycles. The second kappa shape index (κ2) is 8.25. The lowest BCUT2D eigenvalue weighted by molar-refractivity contribution is -0.137. The molecule has 0 amide bonds. The summed E-state index contributed by atoms with van der Waals surface area (Å²) in [5, 5.41) is 14.2. The first-order chi connectivity index (χ1) is 8.24. The Morgan fingerprint density at radius 3 is 2.94 bits per heavy atom. The number of carboxylic acids is 1. The average molecular weight is 255 g/mol. The van der Waals surface area contributed by atoms with Crippen LogP contribution in [-0.4, -0.2) is 17.6 Å². The van der Waals surface area contributed by atoms with Crippen molar-refractivity contribution in [2.45, 2.75) is 45.1 Å². The van der Waals surface area contributed by atoms with Crippen molar-refractivity contribution in [1.29, 1.82) is 0 Å². The van der Waals surface area contributed by atoms with Gasteiger partial charge in [-0.05, 0) is 37.3 Å². The maximum Gasteiger partial charge on any atom is 0.303 e. The molecule has 0 fully saturated rings. The molecule has 1 rings (SSSR count). The SMILES string of the molecule is CCCC(NCCCCC(=O)O)c1cccs1. The molecule has 17 heavy (non-hydrogen) atoms. The molecule has 0 saturated heterocycles. The normalized spacial score (nSPS) is 12.5. The average Bonchev–Trinajstić information content (AvgIpc) is 2.80. The van der Waals surface area contributed by atoms with E-state index >= 15 is 0 Å². The maximum absolute atomic E-state index is 10.4. The van der Waals surface area contributed by atoms with Crippen molar-refractivity contribution in [3.63, 3.8) is 0 Å². The third-order valence-electron chi connectivity index (χ3n) is 2.67. The number of hydrogen-bond acceptors (Lipinski definition) is 3. The highest BCUT2D eigenvalue weighted by molar-refractivity contribution is 7.10. The highest BCUT2D eigenvalue weighted by atomic mass is 32.1. The summed E-state index contributed by atoms with van der Waals surface area (Å²) in [6.07, 6.45) is 4.26. The van der Waals surface area contributed by atoms with Crippen molar-refractivity contribution >= 4 is 17.3 Å². The van der Waals surface area contributed by atoms with Gasteiger partial charge in [-0.1, -0.05) is 19.4 Å². The van der Waals surface area contributed by atoms with Crippen LogP contribution in [0.3, 0.4) is 0 Å². The van der Waals surface area contributed by atoms with Gasteiger partial charge in [-0.2, -0.15) is 0 Å². The predicted molar refractivity (Wildman–Crippen MR) is 71.5 cm³/mol. The molecule has 0 aliphatic rings. The van der Waals surface area contributed by atoms with Gasteiger partial charge >= 0.3 is 5.97 Å². The minimum absolute atomic E-state index is 0.277. The van der Waals surface area contributed by atoms with Crippen molar-refractivity contribution in [2.75, 3.05) is 6.54 Å². The molecule has 4 heteroatoms. The van der Waals surface area contributed by atoms with Crippen LogP contribution in [0.4, 0.5) is 0 Å². The fourth-order valence-corrected chi connectivity index (χ4v) is 2.64. The highest BCUT2D eigenvalue weighted by Crippen LogP contribution is 2.23. The second-order valence-electron chi connectivity index (χ2n) is 4.16. The molecule has 0 aromatic carbocycles. The molecule has 0 radical (unpaired) electrons. The van der Waals surface area contributed by atoms with E-state index in [1.165, 1.54) is 4.88 Å². The Morgan fingerprint density at radius 1 is 1.53 bits per heavy atom. The van der Waals surface area contributed by atoms with Crippen LogP contribution < -0.4 is 5.32 Å². The molecular weight excluding hydrogens is 234 g/mol. The van der Waals surface area contributed by atoms with Crippen LogP contribution in [0.1, 0.15) is 49.9 Å². The summed E-state index contributed by atoms with van der Waals surface area (Å²) in [4.78, 5) is 11.7. The van der Waals surface area contributed by atoms with Crippen molar-refractivity contribution in [2.24, 2.45) is 0 Å². The molecule has 1 heterocycles. The van der Waals surface area contributed by atoms with Crippen LogP contribution in [0, 0.1) is 0 Å². The van der Waals surface area contributed by atoms with Gasteiger partial charge in [-0.15, -0.1) is 11.3 Å². The Hall–Kier alpha value is -0.870. The summed E-state index contributed by atoms with van der Waals surface area (Å²) in [5.41, 5.74) is 0. The number of carbonyl (C=O) groups is 1. The van der Waals surface area contributed by atoms with Crippen LogP contribution >= 0.6 is 11.3 Å². The summed E-state index contributed by atoms with van der Waals surface area (Å²) in [6.45, 7) is 3.09. The Kier molecular flexibility index (Phi) is 6.89. The van der Waals surface area contributed by atoms with E-state index in [2.05, 4.69) is 29.8 Å². The van der Waals surface area contributed by atoms with Gasteiger partial charge < -0.3 is 10.4 Å². The number of unbranched alkanes of at least 4 members (excludes halogenated alkanes) is 1. The van der Waals surface area contributed by atoms with E-state index in [0.29, 0.717) is 6.04 Å². The lowest BCUT2D eigenvalue weighted by Crippen LogP contribution is -2.21. The van der Waals surface area contributed by atoms with Gasteiger partial charge in [0.15, 0.2) is 0 Å². The molecule has 1 unspecified atom stereocenters. The first-order valence-corrected chi connectivity index (χ1v) is 7.10. The van der Waals surface area contributed by atoms with Crippen LogP contribution in [0.25, 0.3) is 0 Å². The quantitative estimate of drug-likeness (QED) is 0.665. The first kappa shape index (κ1) is 14.2. The predicted octanol–water partition coefficient (Wildman–Crippen LogP) is 3.43. The topological polar surface area (TPSA) is 49.3 Å². The van der Waals surface area contributed by atoms with Crippen LogP contribution in [0.2, 0.25) is 0 Å². The van der Waals surface area contributed by atoms with Crippen molar-refractivity contribution < 1.29 is 9.90 Å². The summed E-state index contributed by atoms with van der Waals surface area (Å²) in [7, 11) is 0. The van der Waals surface area contributed by atoms with E-state index in [4.69, 9.17) is 5.11 Å². The Morgan fingerprint density at radius 2 is 2.35 bits per heavy atom. The molecule has 1 atom stereocenters. The lowest BCUT2D eigenvalue weighted by Gasteiger charge is -2.16. The fraction of sp³-hybridized carbons (Fsp3) is 0.615. The third-order valence-corrected chi connectivity index (χ3v) is 3.66. The van der Waals surface area contributed by atoms with Gasteiger partial charge in [0.1, 0.15) is 0 Å². The zero-order valence-corrected chi connectivity index (χ0v) is 11.1. The molecule has 1 aromatic rings. The number of thiophene rings is 1. The van der Waals surface area contributed by atoms with E-state index in [9.17, 15) is 4.79 Å². The Balaban J connectivity index is 2.23. The standard InChI is InChI=1S/C13H21NO2S/c1-2-6-11(12-7-5-10-17-12)14-9-4-3-8-13(15)16/h5,7,10-11,14H,2-4,6,8-9H2,1H3,(H,15,16). The number of nitrogens with one attached hydrogen (secondary N) is 1. The van der Waals surface area contributed by atoms with Crippen molar-refractivity contribution in [3.8, 4) is 0 Å². The Bertz CT molecular complexity index is 311. The molecule has 0 bridgehead atoms. The van der Waals surface area contributed by atoms with Crippen LogP contribution in [-0.2, 0) is 4.79 Å². The van der Waals surface area contributed by atoms with Crippen LogP contribution in [0.5, 0.6) is 0 Å². The summed E-state index contributed by atoms with van der Waals surface area (Å²) >= 11 is 1.78. The minimum atomic E-state index is -0.701. The summed E-state index contributed by atoms with van der Waals surface area (Å²) in [5.74, 6) is -0.701. The highest BCUT2D eigenvalue weighted by Gasteiger charge is 2.10. The molecular formula is C13H21NO2S. The zero-order valence-electron chi connectivity index (χ0n) is 10.3. The minimum Gasteiger partial charge on any atom is -0.481 e. The third kappa shape index (κ3) is 5.84. The van der Waals surface area contributed by atoms with Gasteiger partial charge in [0.25, 0.3) is 0 Å². The number of aliphatic carboxylic acids is 1. The lowest BCUT2D eigenvalue weighted by atomic mass is 10.1. The molecule has 0 aliphatic carbocycles. The van der Waals surface area contributed by atoms with Gasteiger partial charge in [-0.3, -0.25) is 4.79 Å². The number of hydrogen-bond donors (Lipinski definition) is 2. The van der Waals surface area contributed by atoms with E-state index < -0.39 is 5.97 Å². The molecule has 0 aliphatic heterocycles. The molecule has 0 saturated carbocycles. The maximum atomic E-state index is 10.4. The number of rotatable bonds is 9. The van der Waals surface area contributed by atoms with E-state index in [1.54, 1.807) is 11.3 Å². The van der Waals surface area contributed by atoms with E-state index in [0.717, 1.165) is 32.2 Å². The summed E-state index contributed by atoms with van der Waals surface area (Å²) < 4.78 is 0. The largest absolute Gasteiger partial charge is 0.481 e. The zero-order chi connectivity index (χ0) is 12.5. The fourth-order valence-electron chi connectivity index (χ4n) is 1.80. The molecule has 96 valence electrons. The van der Waals surface area contributed by atoms with Gasteiger partial charge in [0.05, 0.1) is 0 Å². The summed E-state index contributed by atoms with van der Waals surface area (Å²) in [6, 6.07) is 4.68. The molecule has 0 spiro atoms.